The van der Waals surface area contributed by atoms with Crippen LogP contribution in [-0.2, 0) is 22.5 Å². The van der Waals surface area contributed by atoms with E-state index in [-0.39, 0.29) is 12.4 Å². The molecule has 3 rings (SSSR count). The highest BCUT2D eigenvalue weighted by Crippen LogP contribution is 2.21. The van der Waals surface area contributed by atoms with E-state index in [1.165, 1.54) is 0 Å². The molecule has 0 saturated carbocycles. The number of nitrogens with zero attached hydrogens (tertiary/aromatic N) is 2. The maximum atomic E-state index is 11.5. The van der Waals surface area contributed by atoms with Gasteiger partial charge in [-0.1, -0.05) is 36.4 Å². The summed E-state index contributed by atoms with van der Waals surface area (Å²) in [5, 5.41) is 14.0. The monoisotopic (exact) mass is 391 g/mol. The summed E-state index contributed by atoms with van der Waals surface area (Å²) in [7, 11) is 0. The summed E-state index contributed by atoms with van der Waals surface area (Å²) >= 11 is 0. The molecule has 29 heavy (non-hydrogen) atoms. The third-order valence-corrected chi connectivity index (χ3v) is 4.43. The second kappa shape index (κ2) is 10.3. The van der Waals surface area contributed by atoms with Crippen molar-refractivity contribution in [1.82, 2.24) is 9.97 Å². The van der Waals surface area contributed by atoms with E-state index in [2.05, 4.69) is 15.3 Å². The van der Waals surface area contributed by atoms with E-state index in [0.29, 0.717) is 25.3 Å². The average molecular weight is 391 g/mol. The van der Waals surface area contributed by atoms with Crippen molar-refractivity contribution in [1.29, 1.82) is 0 Å². The molecular weight excluding hydrogens is 366 g/mol. The van der Waals surface area contributed by atoms with Crippen molar-refractivity contribution in [3.63, 3.8) is 0 Å². The number of esters is 1. The summed E-state index contributed by atoms with van der Waals surface area (Å²) in [6, 6.07) is 18.9. The van der Waals surface area contributed by atoms with Gasteiger partial charge in [-0.15, -0.1) is 0 Å². The first-order valence-electron chi connectivity index (χ1n) is 9.69. The van der Waals surface area contributed by atoms with Gasteiger partial charge >= 0.3 is 5.97 Å². The number of rotatable bonds is 9. The summed E-state index contributed by atoms with van der Waals surface area (Å²) in [5.74, 6) is 0.579. The van der Waals surface area contributed by atoms with Crippen LogP contribution in [0.3, 0.4) is 0 Å². The van der Waals surface area contributed by atoms with Gasteiger partial charge in [-0.25, -0.2) is 4.98 Å². The zero-order valence-corrected chi connectivity index (χ0v) is 16.4. The normalized spacial score (nSPS) is 11.7. The molecule has 2 heterocycles. The van der Waals surface area contributed by atoms with E-state index in [0.717, 1.165) is 22.6 Å². The van der Waals surface area contributed by atoms with Gasteiger partial charge in [0.2, 0.25) is 0 Å². The van der Waals surface area contributed by atoms with Gasteiger partial charge < -0.3 is 15.2 Å². The fourth-order valence-electron chi connectivity index (χ4n) is 2.90. The molecule has 0 spiro atoms. The molecule has 1 aromatic carbocycles. The molecular formula is C23H25N3O3. The Morgan fingerprint density at radius 2 is 1.93 bits per heavy atom. The Bertz CT molecular complexity index is 914. The molecule has 150 valence electrons. The molecule has 6 nitrogen and oxygen atoms in total. The Labute approximate surface area is 170 Å². The molecule has 1 atom stereocenters. The van der Waals surface area contributed by atoms with Gasteiger partial charge in [-0.3, -0.25) is 9.78 Å². The average Bonchev–Trinajstić information content (AvgIpc) is 2.77. The molecule has 6 heteroatoms. The van der Waals surface area contributed by atoms with Crippen molar-refractivity contribution in [3.8, 4) is 0 Å². The van der Waals surface area contributed by atoms with E-state index >= 15 is 0 Å². The van der Waals surface area contributed by atoms with Crippen LogP contribution in [0.2, 0.25) is 0 Å². The zero-order chi connectivity index (χ0) is 20.5. The topological polar surface area (TPSA) is 84.3 Å². The molecule has 1 unspecified atom stereocenters. The standard InChI is InChI=1S/C23H25N3O3/c1-2-29-22(27)14-13-19-6-5-7-20(26-19)23(28)18-11-9-17(10-12-18)16-25-21-8-3-4-15-24-21/h3-12,15,23,28H,2,13-14,16H2,1H3,(H,24,25). The first-order valence-corrected chi connectivity index (χ1v) is 9.69. The lowest BCUT2D eigenvalue weighted by molar-refractivity contribution is -0.143. The van der Waals surface area contributed by atoms with E-state index in [1.807, 2.05) is 54.6 Å². The summed E-state index contributed by atoms with van der Waals surface area (Å²) in [6.07, 6.45) is 1.68. The molecule has 0 fully saturated rings. The van der Waals surface area contributed by atoms with Crippen LogP contribution in [0.15, 0.2) is 66.9 Å². The van der Waals surface area contributed by atoms with Crippen LogP contribution in [-0.4, -0.2) is 27.7 Å². The number of hydrogen-bond donors (Lipinski definition) is 2. The van der Waals surface area contributed by atoms with Crippen molar-refractivity contribution in [2.24, 2.45) is 0 Å². The highest BCUT2D eigenvalue weighted by Gasteiger charge is 2.13. The highest BCUT2D eigenvalue weighted by atomic mass is 16.5. The highest BCUT2D eigenvalue weighted by molar-refractivity contribution is 5.69. The van der Waals surface area contributed by atoms with Crippen molar-refractivity contribution in [2.45, 2.75) is 32.4 Å². The van der Waals surface area contributed by atoms with Crippen molar-refractivity contribution in [3.05, 3.63) is 89.4 Å². The van der Waals surface area contributed by atoms with Crippen molar-refractivity contribution >= 4 is 11.8 Å². The Morgan fingerprint density at radius 1 is 1.10 bits per heavy atom. The van der Waals surface area contributed by atoms with Gasteiger partial charge in [0, 0.05) is 24.9 Å². The number of anilines is 1. The predicted octanol–water partition coefficient (Wildman–Crippen LogP) is 3.67. The maximum absolute atomic E-state index is 11.5. The number of carbonyl (C=O) groups is 1. The Kier molecular flexibility index (Phi) is 7.30. The minimum atomic E-state index is -0.824. The van der Waals surface area contributed by atoms with E-state index < -0.39 is 6.10 Å². The van der Waals surface area contributed by atoms with Crippen LogP contribution in [0.5, 0.6) is 0 Å². The molecule has 0 radical (unpaired) electrons. The minimum Gasteiger partial charge on any atom is -0.466 e. The number of nitrogens with one attached hydrogen (secondary N) is 1. The molecule has 2 N–H and O–H groups in total. The maximum Gasteiger partial charge on any atom is 0.306 e. The SMILES string of the molecule is CCOC(=O)CCc1cccc(C(O)c2ccc(CNc3ccccn3)cc2)n1. The van der Waals surface area contributed by atoms with Gasteiger partial charge in [0.15, 0.2) is 0 Å². The van der Waals surface area contributed by atoms with Gasteiger partial charge in [0.1, 0.15) is 11.9 Å². The first kappa shape index (κ1) is 20.5. The molecule has 0 bridgehead atoms. The third-order valence-electron chi connectivity index (χ3n) is 4.43. The fourth-order valence-corrected chi connectivity index (χ4v) is 2.90. The van der Waals surface area contributed by atoms with Crippen LogP contribution >= 0.6 is 0 Å². The van der Waals surface area contributed by atoms with Crippen LogP contribution in [0, 0.1) is 0 Å². The summed E-state index contributed by atoms with van der Waals surface area (Å²) in [6.45, 7) is 2.81. The summed E-state index contributed by atoms with van der Waals surface area (Å²) in [5.41, 5.74) is 3.17. The van der Waals surface area contributed by atoms with Gasteiger partial charge in [-0.05, 0) is 42.3 Å². The molecule has 0 amide bonds. The molecule has 0 aliphatic heterocycles. The molecule has 0 saturated heterocycles. The summed E-state index contributed by atoms with van der Waals surface area (Å²) in [4.78, 5) is 20.3. The van der Waals surface area contributed by atoms with Gasteiger partial charge in [0.25, 0.3) is 0 Å². The molecule has 2 aromatic heterocycles. The number of ether oxygens (including phenoxy) is 1. The second-order valence-electron chi connectivity index (χ2n) is 6.57. The van der Waals surface area contributed by atoms with Crippen LogP contribution < -0.4 is 5.32 Å². The van der Waals surface area contributed by atoms with E-state index in [4.69, 9.17) is 4.74 Å². The number of pyridine rings is 2. The molecule has 0 aliphatic rings. The van der Waals surface area contributed by atoms with E-state index in [1.54, 1.807) is 19.2 Å². The third kappa shape index (κ3) is 6.12. The van der Waals surface area contributed by atoms with Crippen molar-refractivity contribution < 1.29 is 14.6 Å². The minimum absolute atomic E-state index is 0.241. The van der Waals surface area contributed by atoms with Gasteiger partial charge in [0.05, 0.1) is 18.7 Å². The lowest BCUT2D eigenvalue weighted by Gasteiger charge is -2.13. The number of aryl methyl sites for hydroxylation is 1. The number of carbonyl (C=O) groups excluding carboxylic acids is 1. The largest absolute Gasteiger partial charge is 0.466 e. The number of benzene rings is 1. The zero-order valence-electron chi connectivity index (χ0n) is 16.4. The van der Waals surface area contributed by atoms with E-state index in [9.17, 15) is 9.90 Å². The molecule has 0 aliphatic carbocycles. The number of aliphatic hydroxyl groups excluding tert-OH is 1. The Balaban J connectivity index is 1.60. The smallest absolute Gasteiger partial charge is 0.306 e. The Hall–Kier alpha value is -3.25. The summed E-state index contributed by atoms with van der Waals surface area (Å²) < 4.78 is 4.94. The number of aliphatic hydroxyl groups is 1. The quantitative estimate of drug-likeness (QED) is 0.542. The van der Waals surface area contributed by atoms with Crippen LogP contribution in [0.1, 0.15) is 42.0 Å². The molecule has 3 aromatic rings. The number of aromatic nitrogens is 2. The van der Waals surface area contributed by atoms with Crippen molar-refractivity contribution in [2.75, 3.05) is 11.9 Å². The van der Waals surface area contributed by atoms with Crippen LogP contribution in [0.4, 0.5) is 5.82 Å². The fraction of sp³-hybridized carbons (Fsp3) is 0.261. The predicted molar refractivity (Wildman–Crippen MR) is 111 cm³/mol. The second-order valence-corrected chi connectivity index (χ2v) is 6.57. The van der Waals surface area contributed by atoms with Gasteiger partial charge in [-0.2, -0.15) is 0 Å². The van der Waals surface area contributed by atoms with Crippen LogP contribution in [0.25, 0.3) is 0 Å². The lowest BCUT2D eigenvalue weighted by Crippen LogP contribution is -2.08. The Morgan fingerprint density at radius 3 is 2.66 bits per heavy atom. The lowest BCUT2D eigenvalue weighted by atomic mass is 10.0. The first-order chi connectivity index (χ1) is 14.2. The number of hydrogen-bond acceptors (Lipinski definition) is 6.